The van der Waals surface area contributed by atoms with Crippen LogP contribution in [-0.4, -0.2) is 49.1 Å². The molecule has 2 aromatic rings. The van der Waals surface area contributed by atoms with Crippen LogP contribution in [0.3, 0.4) is 0 Å². The molecule has 1 aliphatic heterocycles. The van der Waals surface area contributed by atoms with Gasteiger partial charge in [0.1, 0.15) is 9.88 Å². The number of aryl methyl sites for hydroxylation is 1. The summed E-state index contributed by atoms with van der Waals surface area (Å²) in [5.41, 5.74) is 7.53. The van der Waals surface area contributed by atoms with Crippen molar-refractivity contribution in [2.45, 2.75) is 32.2 Å². The van der Waals surface area contributed by atoms with Crippen molar-refractivity contribution in [2.24, 2.45) is 5.73 Å². The number of benzene rings is 1. The summed E-state index contributed by atoms with van der Waals surface area (Å²) in [5, 5.41) is 0.799. The lowest BCUT2D eigenvalue weighted by Gasteiger charge is -2.34. The van der Waals surface area contributed by atoms with Crippen LogP contribution in [0.1, 0.15) is 34.6 Å². The molecule has 1 aromatic heterocycles. The van der Waals surface area contributed by atoms with Gasteiger partial charge in [-0.2, -0.15) is 0 Å². The number of ether oxygens (including phenoxy) is 2. The molecule has 26 heavy (non-hydrogen) atoms. The van der Waals surface area contributed by atoms with Crippen molar-refractivity contribution >= 4 is 17.2 Å². The summed E-state index contributed by atoms with van der Waals surface area (Å²) in [6.45, 7) is 3.16. The first-order valence-electron chi connectivity index (χ1n) is 8.80. The minimum absolute atomic E-state index is 0.0434. The van der Waals surface area contributed by atoms with E-state index in [2.05, 4.69) is 4.98 Å². The lowest BCUT2D eigenvalue weighted by atomic mass is 10.0. The second-order valence-electron chi connectivity index (χ2n) is 6.39. The highest BCUT2D eigenvalue weighted by Crippen LogP contribution is 2.35. The molecule has 2 heterocycles. The van der Waals surface area contributed by atoms with Crippen LogP contribution >= 0.6 is 11.3 Å². The van der Waals surface area contributed by atoms with E-state index >= 15 is 0 Å². The molecule has 2 N–H and O–H groups in total. The molecule has 0 radical (unpaired) electrons. The summed E-state index contributed by atoms with van der Waals surface area (Å²) in [6.07, 6.45) is 3.13. The number of hydrogen-bond acceptors (Lipinski definition) is 6. The van der Waals surface area contributed by atoms with Crippen LogP contribution in [0.5, 0.6) is 11.5 Å². The highest BCUT2D eigenvalue weighted by Gasteiger charge is 2.29. The number of carbonyl (C=O) groups excluding carboxylic acids is 1. The zero-order valence-electron chi connectivity index (χ0n) is 15.4. The number of piperidine rings is 1. The van der Waals surface area contributed by atoms with Gasteiger partial charge in [0.15, 0.2) is 11.5 Å². The highest BCUT2D eigenvalue weighted by atomic mass is 32.1. The first kappa shape index (κ1) is 18.7. The van der Waals surface area contributed by atoms with Crippen molar-refractivity contribution in [1.29, 1.82) is 0 Å². The molecule has 1 atom stereocenters. The van der Waals surface area contributed by atoms with E-state index in [1.165, 1.54) is 11.3 Å². The van der Waals surface area contributed by atoms with Crippen LogP contribution in [0, 0.1) is 6.92 Å². The van der Waals surface area contributed by atoms with Crippen LogP contribution in [0.4, 0.5) is 0 Å². The molecule has 1 unspecified atom stereocenters. The second-order valence-corrected chi connectivity index (χ2v) is 7.39. The highest BCUT2D eigenvalue weighted by molar-refractivity contribution is 7.17. The van der Waals surface area contributed by atoms with E-state index in [0.717, 1.165) is 42.1 Å². The summed E-state index contributed by atoms with van der Waals surface area (Å²) in [7, 11) is 3.21. The summed E-state index contributed by atoms with van der Waals surface area (Å²) in [6, 6.07) is 5.79. The summed E-state index contributed by atoms with van der Waals surface area (Å²) >= 11 is 1.42. The fraction of sp³-hybridized carbons (Fsp3) is 0.474. The van der Waals surface area contributed by atoms with Crippen LogP contribution in [0.25, 0.3) is 10.6 Å². The van der Waals surface area contributed by atoms with E-state index in [4.69, 9.17) is 15.2 Å². The van der Waals surface area contributed by atoms with Gasteiger partial charge in [0.25, 0.3) is 5.91 Å². The normalized spacial score (nSPS) is 17.2. The number of likely N-dealkylation sites (tertiary alicyclic amines) is 1. The van der Waals surface area contributed by atoms with E-state index in [1.54, 1.807) is 14.2 Å². The van der Waals surface area contributed by atoms with Crippen molar-refractivity contribution in [3.8, 4) is 22.1 Å². The molecule has 7 heteroatoms. The molecule has 1 aliphatic rings. The molecule has 0 bridgehead atoms. The first-order valence-corrected chi connectivity index (χ1v) is 9.61. The molecule has 1 saturated heterocycles. The molecule has 0 aliphatic carbocycles. The van der Waals surface area contributed by atoms with Crippen LogP contribution < -0.4 is 15.2 Å². The molecule has 6 nitrogen and oxygen atoms in total. The number of nitrogens with zero attached hydrogens (tertiary/aromatic N) is 2. The quantitative estimate of drug-likeness (QED) is 0.869. The standard InChI is InChI=1S/C19H25N3O3S/c1-12-17(19(23)22-9-5-4-6-14(22)11-20)26-18(21-12)13-7-8-15(24-2)16(10-13)25-3/h7-8,10,14H,4-6,9,11,20H2,1-3H3. The lowest BCUT2D eigenvalue weighted by molar-refractivity contribution is 0.0627. The fourth-order valence-corrected chi connectivity index (χ4v) is 4.35. The van der Waals surface area contributed by atoms with E-state index in [9.17, 15) is 4.79 Å². The third-order valence-corrected chi connectivity index (χ3v) is 5.98. The van der Waals surface area contributed by atoms with Crippen LogP contribution in [0.15, 0.2) is 18.2 Å². The maximum atomic E-state index is 13.1. The Hall–Kier alpha value is -2.12. The van der Waals surface area contributed by atoms with Gasteiger partial charge in [-0.15, -0.1) is 11.3 Å². The van der Waals surface area contributed by atoms with Gasteiger partial charge in [-0.3, -0.25) is 4.79 Å². The average molecular weight is 375 g/mol. The monoisotopic (exact) mass is 375 g/mol. The molecule has 0 saturated carbocycles. The number of carbonyl (C=O) groups is 1. The Morgan fingerprint density at radius 1 is 1.31 bits per heavy atom. The van der Waals surface area contributed by atoms with Crippen LogP contribution in [-0.2, 0) is 0 Å². The third-order valence-electron chi connectivity index (χ3n) is 4.78. The average Bonchev–Trinajstić information content (AvgIpc) is 3.08. The lowest BCUT2D eigenvalue weighted by Crippen LogP contribution is -2.47. The van der Waals surface area contributed by atoms with Gasteiger partial charge in [0.05, 0.1) is 19.9 Å². The third kappa shape index (κ3) is 3.54. The van der Waals surface area contributed by atoms with Crippen molar-refractivity contribution in [1.82, 2.24) is 9.88 Å². The molecule has 1 aromatic carbocycles. The minimum atomic E-state index is 0.0434. The molecular weight excluding hydrogens is 350 g/mol. The van der Waals surface area contributed by atoms with Gasteiger partial charge in [-0.05, 0) is 44.4 Å². The van der Waals surface area contributed by atoms with Crippen LogP contribution in [0.2, 0.25) is 0 Å². The number of hydrogen-bond donors (Lipinski definition) is 1. The second kappa shape index (κ2) is 8.05. The molecular formula is C19H25N3O3S. The number of nitrogens with two attached hydrogens (primary N) is 1. The maximum absolute atomic E-state index is 13.1. The zero-order chi connectivity index (χ0) is 18.7. The van der Waals surface area contributed by atoms with Crippen molar-refractivity contribution < 1.29 is 14.3 Å². The predicted octanol–water partition coefficient (Wildman–Crippen LogP) is 3.09. The first-order chi connectivity index (χ1) is 12.6. The number of methoxy groups -OCH3 is 2. The number of thiazole rings is 1. The maximum Gasteiger partial charge on any atom is 0.266 e. The number of amides is 1. The van der Waals surface area contributed by atoms with E-state index < -0.39 is 0 Å². The van der Waals surface area contributed by atoms with E-state index in [0.29, 0.717) is 22.9 Å². The predicted molar refractivity (Wildman–Crippen MR) is 103 cm³/mol. The van der Waals surface area contributed by atoms with Crippen molar-refractivity contribution in [2.75, 3.05) is 27.3 Å². The van der Waals surface area contributed by atoms with Gasteiger partial charge >= 0.3 is 0 Å². The Bertz CT molecular complexity index is 790. The Balaban J connectivity index is 1.90. The Morgan fingerprint density at radius 2 is 2.08 bits per heavy atom. The van der Waals surface area contributed by atoms with Crippen molar-refractivity contribution in [3.63, 3.8) is 0 Å². The Morgan fingerprint density at radius 3 is 2.77 bits per heavy atom. The molecule has 1 fully saturated rings. The molecule has 140 valence electrons. The molecule has 3 rings (SSSR count). The summed E-state index contributed by atoms with van der Waals surface area (Å²) in [4.78, 5) is 20.3. The van der Waals surface area contributed by atoms with Crippen molar-refractivity contribution in [3.05, 3.63) is 28.8 Å². The fourth-order valence-electron chi connectivity index (χ4n) is 3.33. The topological polar surface area (TPSA) is 77.7 Å². The van der Waals surface area contributed by atoms with Gasteiger partial charge in [0.2, 0.25) is 0 Å². The molecule has 0 spiro atoms. The number of rotatable bonds is 5. The van der Waals surface area contributed by atoms with Gasteiger partial charge < -0.3 is 20.1 Å². The van der Waals surface area contributed by atoms with Gasteiger partial charge in [-0.1, -0.05) is 0 Å². The van der Waals surface area contributed by atoms with Gasteiger partial charge in [-0.25, -0.2) is 4.98 Å². The molecule has 1 amide bonds. The Kier molecular flexibility index (Phi) is 5.78. The van der Waals surface area contributed by atoms with E-state index in [-0.39, 0.29) is 11.9 Å². The number of aromatic nitrogens is 1. The summed E-state index contributed by atoms with van der Waals surface area (Å²) < 4.78 is 10.7. The SMILES string of the molecule is COc1ccc(-c2nc(C)c(C(=O)N3CCCCC3CN)s2)cc1OC. The smallest absolute Gasteiger partial charge is 0.266 e. The largest absolute Gasteiger partial charge is 0.493 e. The van der Waals surface area contributed by atoms with Gasteiger partial charge in [0, 0.05) is 24.7 Å². The summed E-state index contributed by atoms with van der Waals surface area (Å²) in [5.74, 6) is 1.35. The zero-order valence-corrected chi connectivity index (χ0v) is 16.3. The Labute approximate surface area is 157 Å². The van der Waals surface area contributed by atoms with E-state index in [1.807, 2.05) is 30.0 Å². The minimum Gasteiger partial charge on any atom is -0.493 e.